The number of hydrogen-bond donors (Lipinski definition) is 2. The van der Waals surface area contributed by atoms with Crippen molar-refractivity contribution < 1.29 is 23.1 Å². The number of nitrogens with one attached hydrogen (secondary N) is 1. The Morgan fingerprint density at radius 1 is 1.33 bits per heavy atom. The minimum absolute atomic E-state index is 0.114. The molecule has 2 atom stereocenters. The molecular weight excluding hydrogens is 332 g/mol. The maximum atomic E-state index is 12.6. The van der Waals surface area contributed by atoms with E-state index in [2.05, 4.69) is 5.32 Å². The van der Waals surface area contributed by atoms with Crippen LogP contribution in [0.25, 0.3) is 0 Å². The Balaban J connectivity index is 2.04. The highest BCUT2D eigenvalue weighted by Gasteiger charge is 2.33. The molecule has 1 heterocycles. The molecule has 0 aromatic heterocycles. The molecule has 1 aromatic rings. The highest BCUT2D eigenvalue weighted by molar-refractivity contribution is 7.89. The smallest absolute Gasteiger partial charge is 0.305 e. The van der Waals surface area contributed by atoms with Gasteiger partial charge < -0.3 is 10.4 Å². The van der Waals surface area contributed by atoms with Crippen molar-refractivity contribution in [3.05, 3.63) is 30.3 Å². The lowest BCUT2D eigenvalue weighted by Gasteiger charge is -2.31. The van der Waals surface area contributed by atoms with Crippen LogP contribution in [-0.4, -0.2) is 48.8 Å². The molecule has 24 heavy (non-hydrogen) atoms. The fraction of sp³-hybridized carbons (Fsp3) is 0.500. The minimum Gasteiger partial charge on any atom is -0.481 e. The summed E-state index contributed by atoms with van der Waals surface area (Å²) >= 11 is 0. The van der Waals surface area contributed by atoms with Crippen LogP contribution < -0.4 is 5.32 Å². The fourth-order valence-electron chi connectivity index (χ4n) is 2.79. The quantitative estimate of drug-likeness (QED) is 0.795. The molecule has 1 aromatic carbocycles. The first-order valence-electron chi connectivity index (χ1n) is 7.88. The second-order valence-corrected chi connectivity index (χ2v) is 7.96. The van der Waals surface area contributed by atoms with Gasteiger partial charge in [-0.3, -0.25) is 9.59 Å². The topological polar surface area (TPSA) is 104 Å². The van der Waals surface area contributed by atoms with Gasteiger partial charge in [0.05, 0.1) is 17.2 Å². The molecule has 1 amide bonds. The number of carbonyl (C=O) groups is 2. The predicted octanol–water partition coefficient (Wildman–Crippen LogP) is 1.07. The highest BCUT2D eigenvalue weighted by atomic mass is 32.2. The van der Waals surface area contributed by atoms with Gasteiger partial charge in [0, 0.05) is 19.1 Å². The Bertz CT molecular complexity index is 690. The largest absolute Gasteiger partial charge is 0.481 e. The molecule has 0 radical (unpaired) electrons. The summed E-state index contributed by atoms with van der Waals surface area (Å²) in [7, 11) is -3.62. The van der Waals surface area contributed by atoms with Crippen molar-refractivity contribution >= 4 is 21.9 Å². The van der Waals surface area contributed by atoms with Crippen LogP contribution in [0.4, 0.5) is 0 Å². The Kier molecular flexibility index (Phi) is 5.95. The van der Waals surface area contributed by atoms with Crippen molar-refractivity contribution in [3.8, 4) is 0 Å². The maximum absolute atomic E-state index is 12.6. The lowest BCUT2D eigenvalue weighted by Crippen LogP contribution is -2.47. The molecule has 1 saturated heterocycles. The first kappa shape index (κ1) is 18.4. The monoisotopic (exact) mass is 354 g/mol. The van der Waals surface area contributed by atoms with Crippen LogP contribution in [0.15, 0.2) is 35.2 Å². The SMILES string of the molecule is CC(CC(=O)O)NC(=O)C1CCCN(S(=O)(=O)c2ccccc2)C1. The van der Waals surface area contributed by atoms with Gasteiger partial charge in [-0.25, -0.2) is 8.42 Å². The van der Waals surface area contributed by atoms with Crippen molar-refractivity contribution in [2.24, 2.45) is 5.92 Å². The second-order valence-electron chi connectivity index (χ2n) is 6.02. The van der Waals surface area contributed by atoms with Crippen molar-refractivity contribution in [2.45, 2.75) is 37.1 Å². The third kappa shape index (κ3) is 4.55. The molecule has 132 valence electrons. The van der Waals surface area contributed by atoms with Gasteiger partial charge in [0.25, 0.3) is 0 Å². The van der Waals surface area contributed by atoms with Crippen LogP contribution in [-0.2, 0) is 19.6 Å². The highest BCUT2D eigenvalue weighted by Crippen LogP contribution is 2.23. The summed E-state index contributed by atoms with van der Waals surface area (Å²) in [4.78, 5) is 23.2. The van der Waals surface area contributed by atoms with E-state index in [-0.39, 0.29) is 23.8 Å². The number of carbonyl (C=O) groups excluding carboxylic acids is 1. The van der Waals surface area contributed by atoms with Gasteiger partial charge in [-0.1, -0.05) is 18.2 Å². The van der Waals surface area contributed by atoms with E-state index in [9.17, 15) is 18.0 Å². The average molecular weight is 354 g/mol. The summed E-state index contributed by atoms with van der Waals surface area (Å²) in [6.07, 6.45) is 1.02. The molecular formula is C16H22N2O5S. The standard InChI is InChI=1S/C16H22N2O5S/c1-12(10-15(19)20)17-16(21)13-6-5-9-18(11-13)24(22,23)14-7-3-2-4-8-14/h2-4,7-8,12-13H,5-6,9-11H2,1H3,(H,17,21)(H,19,20). The minimum atomic E-state index is -3.62. The molecule has 1 aliphatic rings. The van der Waals surface area contributed by atoms with Crippen LogP contribution in [0.1, 0.15) is 26.2 Å². The lowest BCUT2D eigenvalue weighted by atomic mass is 9.98. The summed E-state index contributed by atoms with van der Waals surface area (Å²) in [5.74, 6) is -1.75. The van der Waals surface area contributed by atoms with Crippen molar-refractivity contribution in [2.75, 3.05) is 13.1 Å². The van der Waals surface area contributed by atoms with Crippen molar-refractivity contribution in [3.63, 3.8) is 0 Å². The Hall–Kier alpha value is -1.93. The van der Waals surface area contributed by atoms with Crippen LogP contribution >= 0.6 is 0 Å². The normalized spacial score (nSPS) is 20.3. The molecule has 1 fully saturated rings. The van der Waals surface area contributed by atoms with Gasteiger partial charge in [0.15, 0.2) is 0 Å². The van der Waals surface area contributed by atoms with Crippen molar-refractivity contribution in [1.82, 2.24) is 9.62 Å². The number of rotatable bonds is 6. The molecule has 7 nitrogen and oxygen atoms in total. The fourth-order valence-corrected chi connectivity index (χ4v) is 4.33. The first-order chi connectivity index (χ1) is 11.3. The molecule has 0 bridgehead atoms. The predicted molar refractivity (Wildman–Crippen MR) is 87.8 cm³/mol. The number of piperidine rings is 1. The average Bonchev–Trinajstić information content (AvgIpc) is 2.55. The zero-order valence-electron chi connectivity index (χ0n) is 13.5. The Labute approximate surface area is 141 Å². The molecule has 1 aliphatic heterocycles. The van der Waals surface area contributed by atoms with E-state index in [4.69, 9.17) is 5.11 Å². The second kappa shape index (κ2) is 7.76. The van der Waals surface area contributed by atoms with Crippen LogP contribution in [0.2, 0.25) is 0 Å². The molecule has 0 aliphatic carbocycles. The third-order valence-electron chi connectivity index (χ3n) is 4.01. The number of hydrogen-bond acceptors (Lipinski definition) is 4. The number of nitrogens with zero attached hydrogens (tertiary/aromatic N) is 1. The number of carboxylic acid groups (broad SMARTS) is 1. The van der Waals surface area contributed by atoms with Gasteiger partial charge in [0.2, 0.25) is 15.9 Å². The van der Waals surface area contributed by atoms with E-state index in [1.807, 2.05) is 0 Å². The number of sulfonamides is 1. The molecule has 8 heteroatoms. The van der Waals surface area contributed by atoms with Gasteiger partial charge in [-0.05, 0) is 31.9 Å². The van der Waals surface area contributed by atoms with Crippen LogP contribution in [0.3, 0.4) is 0 Å². The number of carboxylic acids is 1. The summed E-state index contributed by atoms with van der Waals surface area (Å²) in [5, 5.41) is 11.4. The molecule has 2 rings (SSSR count). The Morgan fingerprint density at radius 3 is 2.62 bits per heavy atom. The van der Waals surface area contributed by atoms with Gasteiger partial charge >= 0.3 is 5.97 Å². The number of aliphatic carboxylic acids is 1. The van der Waals surface area contributed by atoms with Gasteiger partial charge in [0.1, 0.15) is 0 Å². The van der Waals surface area contributed by atoms with E-state index in [1.165, 1.54) is 16.4 Å². The zero-order valence-corrected chi connectivity index (χ0v) is 14.3. The third-order valence-corrected chi connectivity index (χ3v) is 5.88. The maximum Gasteiger partial charge on any atom is 0.305 e. The zero-order chi connectivity index (χ0) is 17.7. The van der Waals surface area contributed by atoms with Gasteiger partial charge in [-0.2, -0.15) is 4.31 Å². The number of amides is 1. The summed E-state index contributed by atoms with van der Waals surface area (Å²) in [6, 6.07) is 7.65. The van der Waals surface area contributed by atoms with E-state index in [1.54, 1.807) is 25.1 Å². The van der Waals surface area contributed by atoms with Gasteiger partial charge in [-0.15, -0.1) is 0 Å². The Morgan fingerprint density at radius 2 is 2.00 bits per heavy atom. The number of benzene rings is 1. The van der Waals surface area contributed by atoms with E-state index >= 15 is 0 Å². The molecule has 2 N–H and O–H groups in total. The molecule has 0 spiro atoms. The lowest BCUT2D eigenvalue weighted by molar-refractivity contribution is -0.137. The van der Waals surface area contributed by atoms with E-state index in [0.717, 1.165) is 0 Å². The first-order valence-corrected chi connectivity index (χ1v) is 9.32. The van der Waals surface area contributed by atoms with Crippen LogP contribution in [0, 0.1) is 5.92 Å². The summed E-state index contributed by atoms with van der Waals surface area (Å²) in [5.41, 5.74) is 0. The summed E-state index contributed by atoms with van der Waals surface area (Å²) < 4.78 is 26.6. The molecule has 0 saturated carbocycles. The van der Waals surface area contributed by atoms with Crippen molar-refractivity contribution in [1.29, 1.82) is 0 Å². The summed E-state index contributed by atoms with van der Waals surface area (Å²) in [6.45, 7) is 2.11. The molecule has 2 unspecified atom stereocenters. The van der Waals surface area contributed by atoms with Crippen LogP contribution in [0.5, 0.6) is 0 Å². The van der Waals surface area contributed by atoms with E-state index < -0.39 is 28.0 Å². The van der Waals surface area contributed by atoms with E-state index in [0.29, 0.717) is 19.4 Å².